The van der Waals surface area contributed by atoms with Gasteiger partial charge in [-0.05, 0) is 18.2 Å². The summed E-state index contributed by atoms with van der Waals surface area (Å²) < 4.78 is 10.2. The van der Waals surface area contributed by atoms with E-state index in [1.54, 1.807) is 18.2 Å². The average Bonchev–Trinajstić information content (AvgIpc) is 2.48. The van der Waals surface area contributed by atoms with Gasteiger partial charge in [0, 0.05) is 12.3 Å². The second kappa shape index (κ2) is 5.87. The maximum absolute atomic E-state index is 12.2. The molecule has 3 N–H and O–H groups in total. The Morgan fingerprint density at radius 1 is 1.30 bits per heavy atom. The van der Waals surface area contributed by atoms with Crippen LogP contribution in [0.3, 0.4) is 0 Å². The van der Waals surface area contributed by atoms with Crippen molar-refractivity contribution in [2.75, 3.05) is 25.3 Å². The zero-order valence-corrected chi connectivity index (χ0v) is 11.1. The number of anilines is 2. The van der Waals surface area contributed by atoms with Crippen LogP contribution >= 0.6 is 0 Å². The SMILES string of the molecule is COc1cc(OC)c(N)c(C(=O)Nc2cccnn2)c1. The van der Waals surface area contributed by atoms with E-state index in [9.17, 15) is 4.79 Å². The molecule has 7 heteroatoms. The smallest absolute Gasteiger partial charge is 0.259 e. The molecule has 0 aliphatic heterocycles. The predicted molar refractivity (Wildman–Crippen MR) is 73.9 cm³/mol. The van der Waals surface area contributed by atoms with Gasteiger partial charge >= 0.3 is 0 Å². The van der Waals surface area contributed by atoms with Gasteiger partial charge in [0.25, 0.3) is 5.91 Å². The Bertz CT molecular complexity index is 617. The summed E-state index contributed by atoms with van der Waals surface area (Å²) in [6.07, 6.45) is 1.51. The minimum Gasteiger partial charge on any atom is -0.497 e. The molecule has 0 radical (unpaired) electrons. The van der Waals surface area contributed by atoms with Crippen LogP contribution in [0.15, 0.2) is 30.5 Å². The van der Waals surface area contributed by atoms with Crippen LogP contribution in [-0.2, 0) is 0 Å². The summed E-state index contributed by atoms with van der Waals surface area (Å²) in [4.78, 5) is 12.2. The number of rotatable bonds is 4. The first kappa shape index (κ1) is 13.6. The molecule has 0 saturated heterocycles. The van der Waals surface area contributed by atoms with Crippen molar-refractivity contribution < 1.29 is 14.3 Å². The van der Waals surface area contributed by atoms with Gasteiger partial charge in [0.05, 0.1) is 25.5 Å². The van der Waals surface area contributed by atoms with E-state index in [1.807, 2.05) is 0 Å². The molecule has 0 saturated carbocycles. The summed E-state index contributed by atoms with van der Waals surface area (Å²) in [7, 11) is 2.96. The number of methoxy groups -OCH3 is 2. The zero-order valence-electron chi connectivity index (χ0n) is 11.1. The Labute approximate surface area is 115 Å². The fraction of sp³-hybridized carbons (Fsp3) is 0.154. The molecule has 20 heavy (non-hydrogen) atoms. The molecular weight excluding hydrogens is 260 g/mol. The fourth-order valence-electron chi connectivity index (χ4n) is 1.63. The normalized spacial score (nSPS) is 9.90. The summed E-state index contributed by atoms with van der Waals surface area (Å²) in [5.41, 5.74) is 6.37. The minimum atomic E-state index is -0.416. The number of carbonyl (C=O) groups is 1. The third-order valence-electron chi connectivity index (χ3n) is 2.63. The molecule has 0 aliphatic carbocycles. The number of hydrogen-bond donors (Lipinski definition) is 2. The lowest BCUT2D eigenvalue weighted by Crippen LogP contribution is -2.15. The van der Waals surface area contributed by atoms with Crippen molar-refractivity contribution in [3.8, 4) is 11.5 Å². The standard InChI is InChI=1S/C13H14N4O3/c1-19-8-6-9(12(14)10(7-8)20-2)13(18)16-11-4-3-5-15-17-11/h3-7H,14H2,1-2H3,(H,16,17,18). The van der Waals surface area contributed by atoms with Crippen LogP contribution < -0.4 is 20.5 Å². The minimum absolute atomic E-state index is 0.231. The first-order chi connectivity index (χ1) is 9.65. The number of hydrogen-bond acceptors (Lipinski definition) is 6. The average molecular weight is 274 g/mol. The molecule has 0 aliphatic rings. The molecule has 2 aromatic rings. The molecule has 0 unspecified atom stereocenters. The summed E-state index contributed by atoms with van der Waals surface area (Å²) in [5.74, 6) is 0.757. The number of aromatic nitrogens is 2. The van der Waals surface area contributed by atoms with Gasteiger partial charge in [0.2, 0.25) is 0 Å². The summed E-state index contributed by atoms with van der Waals surface area (Å²) in [5, 5.41) is 10.0. The molecule has 0 spiro atoms. The van der Waals surface area contributed by atoms with E-state index in [0.717, 1.165) is 0 Å². The van der Waals surface area contributed by atoms with Crippen LogP contribution in [0.25, 0.3) is 0 Å². The van der Waals surface area contributed by atoms with Crippen LogP contribution in [0.4, 0.5) is 11.5 Å². The first-order valence-corrected chi connectivity index (χ1v) is 5.76. The van der Waals surface area contributed by atoms with Gasteiger partial charge in [-0.2, -0.15) is 5.10 Å². The van der Waals surface area contributed by atoms with Crippen molar-refractivity contribution in [2.24, 2.45) is 0 Å². The molecular formula is C13H14N4O3. The second-order valence-corrected chi connectivity index (χ2v) is 3.85. The summed E-state index contributed by atoms with van der Waals surface area (Å²) in [6, 6.07) is 6.43. The third-order valence-corrected chi connectivity index (χ3v) is 2.63. The molecule has 0 bridgehead atoms. The van der Waals surface area contributed by atoms with Crippen molar-refractivity contribution in [1.29, 1.82) is 0 Å². The van der Waals surface area contributed by atoms with Crippen LogP contribution in [0.1, 0.15) is 10.4 Å². The Morgan fingerprint density at radius 3 is 2.70 bits per heavy atom. The Kier molecular flexibility index (Phi) is 3.99. The number of benzene rings is 1. The molecule has 0 atom stereocenters. The maximum Gasteiger partial charge on any atom is 0.259 e. The number of nitrogen functional groups attached to an aromatic ring is 1. The second-order valence-electron chi connectivity index (χ2n) is 3.85. The van der Waals surface area contributed by atoms with Crippen molar-refractivity contribution >= 4 is 17.4 Å². The van der Waals surface area contributed by atoms with Crippen LogP contribution in [0.2, 0.25) is 0 Å². The Hall–Kier alpha value is -2.83. The van der Waals surface area contributed by atoms with Crippen molar-refractivity contribution in [2.45, 2.75) is 0 Å². The molecule has 7 nitrogen and oxygen atoms in total. The van der Waals surface area contributed by atoms with Crippen LogP contribution in [0.5, 0.6) is 11.5 Å². The molecule has 104 valence electrons. The fourth-order valence-corrected chi connectivity index (χ4v) is 1.63. The monoisotopic (exact) mass is 274 g/mol. The van der Waals surface area contributed by atoms with Gasteiger partial charge in [0.15, 0.2) is 5.82 Å². The number of nitrogens with one attached hydrogen (secondary N) is 1. The molecule has 1 aromatic carbocycles. The van der Waals surface area contributed by atoms with Gasteiger partial charge in [-0.25, -0.2) is 0 Å². The molecule has 0 fully saturated rings. The maximum atomic E-state index is 12.2. The van der Waals surface area contributed by atoms with E-state index in [2.05, 4.69) is 15.5 Å². The lowest BCUT2D eigenvalue weighted by molar-refractivity contribution is 0.102. The number of nitrogens with two attached hydrogens (primary N) is 1. The van der Waals surface area contributed by atoms with E-state index >= 15 is 0 Å². The van der Waals surface area contributed by atoms with Crippen LogP contribution in [0, 0.1) is 0 Å². The Morgan fingerprint density at radius 2 is 2.10 bits per heavy atom. The highest BCUT2D eigenvalue weighted by Crippen LogP contribution is 2.31. The van der Waals surface area contributed by atoms with Crippen molar-refractivity contribution in [3.05, 3.63) is 36.0 Å². The zero-order chi connectivity index (χ0) is 14.5. The number of amides is 1. The number of nitrogens with zero attached hydrogens (tertiary/aromatic N) is 2. The molecule has 2 rings (SSSR count). The molecule has 1 heterocycles. The number of carbonyl (C=O) groups excluding carboxylic acids is 1. The number of ether oxygens (including phenoxy) is 2. The van der Waals surface area contributed by atoms with Crippen molar-refractivity contribution in [3.63, 3.8) is 0 Å². The van der Waals surface area contributed by atoms with E-state index < -0.39 is 5.91 Å². The third kappa shape index (κ3) is 2.77. The van der Waals surface area contributed by atoms with Gasteiger partial charge in [-0.3, -0.25) is 4.79 Å². The van der Waals surface area contributed by atoms with E-state index in [4.69, 9.17) is 15.2 Å². The molecule has 1 aromatic heterocycles. The highest BCUT2D eigenvalue weighted by Gasteiger charge is 2.16. The predicted octanol–water partition coefficient (Wildman–Crippen LogP) is 1.33. The lowest BCUT2D eigenvalue weighted by atomic mass is 10.1. The highest BCUT2D eigenvalue weighted by molar-refractivity contribution is 6.08. The topological polar surface area (TPSA) is 99.4 Å². The van der Waals surface area contributed by atoms with E-state index in [-0.39, 0.29) is 11.3 Å². The Balaban J connectivity index is 2.34. The van der Waals surface area contributed by atoms with E-state index in [0.29, 0.717) is 17.3 Å². The summed E-state index contributed by atoms with van der Waals surface area (Å²) in [6.45, 7) is 0. The van der Waals surface area contributed by atoms with Gasteiger partial charge in [0.1, 0.15) is 11.5 Å². The highest BCUT2D eigenvalue weighted by atomic mass is 16.5. The van der Waals surface area contributed by atoms with Crippen molar-refractivity contribution in [1.82, 2.24) is 10.2 Å². The quantitative estimate of drug-likeness (QED) is 0.816. The van der Waals surface area contributed by atoms with Crippen LogP contribution in [-0.4, -0.2) is 30.3 Å². The van der Waals surface area contributed by atoms with Gasteiger partial charge in [-0.1, -0.05) is 0 Å². The molecule has 1 amide bonds. The van der Waals surface area contributed by atoms with E-state index in [1.165, 1.54) is 26.5 Å². The van der Waals surface area contributed by atoms with Gasteiger partial charge in [-0.15, -0.1) is 5.10 Å². The lowest BCUT2D eigenvalue weighted by Gasteiger charge is -2.12. The largest absolute Gasteiger partial charge is 0.497 e. The first-order valence-electron chi connectivity index (χ1n) is 5.76. The summed E-state index contributed by atoms with van der Waals surface area (Å²) >= 11 is 0. The van der Waals surface area contributed by atoms with Gasteiger partial charge < -0.3 is 20.5 Å².